The van der Waals surface area contributed by atoms with E-state index in [1.807, 2.05) is 30.3 Å². The molecule has 1 aliphatic rings. The maximum atomic E-state index is 13.7. The number of hydrogen-bond donors (Lipinski definition) is 2. The molecule has 2 heterocycles. The van der Waals surface area contributed by atoms with Gasteiger partial charge in [0.1, 0.15) is 5.82 Å². The number of aromatic nitrogens is 1. The minimum atomic E-state index is -0.361. The number of carbonyl (C=O) groups excluding carboxylic acids is 1. The van der Waals surface area contributed by atoms with Crippen molar-refractivity contribution >= 4 is 16.8 Å². The third-order valence-corrected chi connectivity index (χ3v) is 5.09. The molecule has 1 aromatic heterocycles. The second kappa shape index (κ2) is 7.84. The molecule has 1 fully saturated rings. The standard InChI is InChI=1S/C22H22FN3O/c23-17-6-7-18-19(22(27)25-11-9-15-8-10-24-14-15)13-20(26-21(18)12-17)16-4-2-1-3-5-16/h1-7,12-13,15,24H,8-11,14H2,(H,25,27). The Morgan fingerprint density at radius 1 is 1.19 bits per heavy atom. The third-order valence-electron chi connectivity index (χ3n) is 5.09. The van der Waals surface area contributed by atoms with Crippen LogP contribution in [0.5, 0.6) is 0 Å². The van der Waals surface area contributed by atoms with Crippen molar-refractivity contribution in [3.8, 4) is 11.3 Å². The summed E-state index contributed by atoms with van der Waals surface area (Å²) in [6, 6.07) is 15.8. The Kier molecular flexibility index (Phi) is 5.12. The summed E-state index contributed by atoms with van der Waals surface area (Å²) in [5, 5.41) is 7.03. The summed E-state index contributed by atoms with van der Waals surface area (Å²) < 4.78 is 13.7. The largest absolute Gasteiger partial charge is 0.352 e. The normalized spacial score (nSPS) is 16.6. The molecule has 138 valence electrons. The highest BCUT2D eigenvalue weighted by Crippen LogP contribution is 2.25. The minimum absolute atomic E-state index is 0.142. The molecule has 1 saturated heterocycles. The zero-order valence-electron chi connectivity index (χ0n) is 15.0. The summed E-state index contributed by atoms with van der Waals surface area (Å²) in [6.45, 7) is 2.71. The molecule has 1 aliphatic heterocycles. The van der Waals surface area contributed by atoms with E-state index in [0.29, 0.717) is 34.6 Å². The van der Waals surface area contributed by atoms with Crippen LogP contribution in [-0.4, -0.2) is 30.5 Å². The van der Waals surface area contributed by atoms with Gasteiger partial charge in [0.2, 0.25) is 0 Å². The van der Waals surface area contributed by atoms with Gasteiger partial charge in [-0.15, -0.1) is 0 Å². The average molecular weight is 363 g/mol. The predicted molar refractivity (Wildman–Crippen MR) is 105 cm³/mol. The first-order chi connectivity index (χ1) is 13.2. The van der Waals surface area contributed by atoms with Gasteiger partial charge in [0.15, 0.2) is 0 Å². The molecular weight excluding hydrogens is 341 g/mol. The van der Waals surface area contributed by atoms with Crippen LogP contribution in [0.2, 0.25) is 0 Å². The fourth-order valence-electron chi connectivity index (χ4n) is 3.59. The Morgan fingerprint density at radius 3 is 2.81 bits per heavy atom. The Labute approximate surface area is 157 Å². The van der Waals surface area contributed by atoms with E-state index in [1.54, 1.807) is 12.1 Å². The molecule has 1 unspecified atom stereocenters. The quantitative estimate of drug-likeness (QED) is 0.726. The molecule has 3 aromatic rings. The van der Waals surface area contributed by atoms with E-state index < -0.39 is 0 Å². The van der Waals surface area contributed by atoms with Gasteiger partial charge in [-0.2, -0.15) is 0 Å². The molecule has 5 heteroatoms. The average Bonchev–Trinajstić information content (AvgIpc) is 3.21. The Morgan fingerprint density at radius 2 is 2.04 bits per heavy atom. The number of nitrogens with one attached hydrogen (secondary N) is 2. The SMILES string of the molecule is O=C(NCCC1CCNC1)c1cc(-c2ccccc2)nc2cc(F)ccc12. The van der Waals surface area contributed by atoms with Crippen molar-refractivity contribution in [2.24, 2.45) is 5.92 Å². The fraction of sp³-hybridized carbons (Fsp3) is 0.273. The summed E-state index contributed by atoms with van der Waals surface area (Å²) in [5.41, 5.74) is 2.58. The number of halogens is 1. The summed E-state index contributed by atoms with van der Waals surface area (Å²) >= 11 is 0. The zero-order valence-corrected chi connectivity index (χ0v) is 15.0. The van der Waals surface area contributed by atoms with Crippen LogP contribution in [-0.2, 0) is 0 Å². The lowest BCUT2D eigenvalue weighted by Gasteiger charge is -2.12. The highest BCUT2D eigenvalue weighted by Gasteiger charge is 2.17. The Balaban J connectivity index is 1.64. The number of nitrogens with zero attached hydrogens (tertiary/aromatic N) is 1. The molecule has 27 heavy (non-hydrogen) atoms. The number of rotatable bonds is 5. The molecule has 2 aromatic carbocycles. The highest BCUT2D eigenvalue weighted by molar-refractivity contribution is 6.07. The second-order valence-electron chi connectivity index (χ2n) is 6.99. The van der Waals surface area contributed by atoms with E-state index in [4.69, 9.17) is 0 Å². The van der Waals surface area contributed by atoms with Gasteiger partial charge in [-0.3, -0.25) is 4.79 Å². The van der Waals surface area contributed by atoms with Crippen LogP contribution < -0.4 is 10.6 Å². The summed E-state index contributed by atoms with van der Waals surface area (Å²) in [4.78, 5) is 17.4. The van der Waals surface area contributed by atoms with Crippen molar-refractivity contribution < 1.29 is 9.18 Å². The molecule has 4 rings (SSSR count). The molecule has 0 bridgehead atoms. The number of pyridine rings is 1. The van der Waals surface area contributed by atoms with E-state index in [2.05, 4.69) is 15.6 Å². The zero-order chi connectivity index (χ0) is 18.6. The van der Waals surface area contributed by atoms with E-state index in [0.717, 1.165) is 31.5 Å². The predicted octanol–water partition coefficient (Wildman–Crippen LogP) is 3.77. The minimum Gasteiger partial charge on any atom is -0.352 e. The van der Waals surface area contributed by atoms with Gasteiger partial charge >= 0.3 is 0 Å². The lowest BCUT2D eigenvalue weighted by Crippen LogP contribution is -2.26. The third kappa shape index (κ3) is 3.98. The van der Waals surface area contributed by atoms with Crippen LogP contribution in [0.25, 0.3) is 22.2 Å². The van der Waals surface area contributed by atoms with Crippen molar-refractivity contribution in [3.05, 3.63) is 66.0 Å². The highest BCUT2D eigenvalue weighted by atomic mass is 19.1. The van der Waals surface area contributed by atoms with Crippen LogP contribution in [0.4, 0.5) is 4.39 Å². The first-order valence-electron chi connectivity index (χ1n) is 9.35. The molecule has 2 N–H and O–H groups in total. The van der Waals surface area contributed by atoms with Gasteiger partial charge in [-0.1, -0.05) is 30.3 Å². The number of carbonyl (C=O) groups is 1. The lowest BCUT2D eigenvalue weighted by molar-refractivity contribution is 0.0953. The summed E-state index contributed by atoms with van der Waals surface area (Å²) in [6.07, 6.45) is 2.12. The Bertz CT molecular complexity index is 952. The lowest BCUT2D eigenvalue weighted by atomic mass is 10.0. The molecule has 1 atom stereocenters. The molecule has 0 radical (unpaired) electrons. The van der Waals surface area contributed by atoms with Crippen LogP contribution in [0.3, 0.4) is 0 Å². The van der Waals surface area contributed by atoms with E-state index in [-0.39, 0.29) is 11.7 Å². The number of amides is 1. The van der Waals surface area contributed by atoms with Gasteiger partial charge in [0.25, 0.3) is 5.91 Å². The van der Waals surface area contributed by atoms with Crippen LogP contribution >= 0.6 is 0 Å². The van der Waals surface area contributed by atoms with E-state index in [1.165, 1.54) is 12.1 Å². The maximum absolute atomic E-state index is 13.7. The van der Waals surface area contributed by atoms with E-state index >= 15 is 0 Å². The smallest absolute Gasteiger partial charge is 0.252 e. The molecule has 1 amide bonds. The second-order valence-corrected chi connectivity index (χ2v) is 6.99. The van der Waals surface area contributed by atoms with Crippen LogP contribution in [0.1, 0.15) is 23.2 Å². The van der Waals surface area contributed by atoms with Gasteiger partial charge in [0.05, 0.1) is 16.8 Å². The monoisotopic (exact) mass is 363 g/mol. The number of benzene rings is 2. The fourth-order valence-corrected chi connectivity index (χ4v) is 3.59. The van der Waals surface area contributed by atoms with Crippen molar-refractivity contribution in [2.45, 2.75) is 12.8 Å². The van der Waals surface area contributed by atoms with Crippen molar-refractivity contribution in [1.82, 2.24) is 15.6 Å². The van der Waals surface area contributed by atoms with Gasteiger partial charge in [0, 0.05) is 23.6 Å². The molecule has 0 aliphatic carbocycles. The van der Waals surface area contributed by atoms with Gasteiger partial charge in [-0.25, -0.2) is 9.37 Å². The van der Waals surface area contributed by atoms with Crippen molar-refractivity contribution in [3.63, 3.8) is 0 Å². The molecular formula is C22H22FN3O. The van der Waals surface area contributed by atoms with Gasteiger partial charge < -0.3 is 10.6 Å². The van der Waals surface area contributed by atoms with Crippen LogP contribution in [0, 0.1) is 11.7 Å². The topological polar surface area (TPSA) is 54.0 Å². The van der Waals surface area contributed by atoms with Crippen molar-refractivity contribution in [1.29, 1.82) is 0 Å². The van der Waals surface area contributed by atoms with Crippen LogP contribution in [0.15, 0.2) is 54.6 Å². The first kappa shape index (κ1) is 17.6. The maximum Gasteiger partial charge on any atom is 0.252 e. The van der Waals surface area contributed by atoms with Gasteiger partial charge in [-0.05, 0) is 50.0 Å². The Hall–Kier alpha value is -2.79. The summed E-state index contributed by atoms with van der Waals surface area (Å²) in [5.74, 6) is 0.117. The first-order valence-corrected chi connectivity index (χ1v) is 9.35. The number of fused-ring (bicyclic) bond motifs is 1. The summed E-state index contributed by atoms with van der Waals surface area (Å²) in [7, 11) is 0. The molecule has 0 spiro atoms. The van der Waals surface area contributed by atoms with E-state index in [9.17, 15) is 9.18 Å². The molecule has 0 saturated carbocycles. The van der Waals surface area contributed by atoms with Crippen molar-refractivity contribution in [2.75, 3.05) is 19.6 Å². The molecule has 4 nitrogen and oxygen atoms in total. The number of hydrogen-bond acceptors (Lipinski definition) is 3.